The van der Waals surface area contributed by atoms with Crippen LogP contribution in [0.1, 0.15) is 28.2 Å². The third kappa shape index (κ3) is 2.71. The molecule has 2 heterocycles. The number of benzene rings is 1. The molecule has 2 aromatic heterocycles. The number of carbonyl (C=O) groups is 1. The largest absolute Gasteiger partial charge is 0.478 e. The summed E-state index contributed by atoms with van der Waals surface area (Å²) in [6.07, 6.45) is 1.44. The molecule has 21 heavy (non-hydrogen) atoms. The maximum absolute atomic E-state index is 11.0. The Balaban J connectivity index is 1.97. The Morgan fingerprint density at radius 1 is 1.33 bits per heavy atom. The van der Waals surface area contributed by atoms with Gasteiger partial charge in [0.15, 0.2) is 0 Å². The molecule has 0 saturated carbocycles. The van der Waals surface area contributed by atoms with E-state index in [9.17, 15) is 4.79 Å². The van der Waals surface area contributed by atoms with Crippen molar-refractivity contribution in [1.29, 1.82) is 0 Å². The molecule has 5 nitrogen and oxygen atoms in total. The van der Waals surface area contributed by atoms with Gasteiger partial charge in [-0.15, -0.1) is 11.3 Å². The lowest BCUT2D eigenvalue weighted by Crippen LogP contribution is -2.07. The number of thiophene rings is 1. The van der Waals surface area contributed by atoms with E-state index in [2.05, 4.69) is 28.3 Å². The Labute approximate surface area is 125 Å². The fraction of sp³-hybridized carbons (Fsp3) is 0.133. The molecule has 1 aromatic carbocycles. The molecule has 0 aliphatic carbocycles. The van der Waals surface area contributed by atoms with Crippen molar-refractivity contribution in [1.82, 2.24) is 9.97 Å². The first-order valence-corrected chi connectivity index (χ1v) is 7.31. The first-order chi connectivity index (χ1) is 10.1. The van der Waals surface area contributed by atoms with Gasteiger partial charge in [0.2, 0.25) is 0 Å². The minimum atomic E-state index is -0.961. The van der Waals surface area contributed by atoms with Crippen LogP contribution in [0.15, 0.2) is 42.0 Å². The summed E-state index contributed by atoms with van der Waals surface area (Å²) >= 11 is 1.68. The second-order valence-electron chi connectivity index (χ2n) is 4.64. The standard InChI is InChI=1S/C15H13N3O2S/c1-9(13-3-2-6-21-13)18-14-11-5-4-10(15(19)20)7-12(11)16-8-17-14/h2-9H,1H3,(H,19,20)(H,16,17,18). The predicted molar refractivity (Wildman–Crippen MR) is 82.9 cm³/mol. The summed E-state index contributed by atoms with van der Waals surface area (Å²) < 4.78 is 0. The molecule has 0 amide bonds. The highest BCUT2D eigenvalue weighted by Crippen LogP contribution is 2.26. The van der Waals surface area contributed by atoms with Crippen molar-refractivity contribution in [2.75, 3.05) is 5.32 Å². The van der Waals surface area contributed by atoms with Gasteiger partial charge in [0.05, 0.1) is 17.1 Å². The third-order valence-corrected chi connectivity index (χ3v) is 4.26. The topological polar surface area (TPSA) is 75.1 Å². The van der Waals surface area contributed by atoms with Crippen LogP contribution in [0, 0.1) is 0 Å². The highest BCUT2D eigenvalue weighted by molar-refractivity contribution is 7.10. The maximum atomic E-state index is 11.0. The quantitative estimate of drug-likeness (QED) is 0.770. The van der Waals surface area contributed by atoms with Crippen molar-refractivity contribution in [2.45, 2.75) is 13.0 Å². The summed E-state index contributed by atoms with van der Waals surface area (Å²) in [5.74, 6) is -0.255. The maximum Gasteiger partial charge on any atom is 0.335 e. The molecule has 0 aliphatic heterocycles. The molecule has 0 aliphatic rings. The molecule has 1 atom stereocenters. The third-order valence-electron chi connectivity index (χ3n) is 3.21. The smallest absolute Gasteiger partial charge is 0.335 e. The fourth-order valence-corrected chi connectivity index (χ4v) is 2.85. The van der Waals surface area contributed by atoms with E-state index in [-0.39, 0.29) is 11.6 Å². The van der Waals surface area contributed by atoms with Crippen LogP contribution in [0.5, 0.6) is 0 Å². The average Bonchev–Trinajstić information content (AvgIpc) is 3.01. The van der Waals surface area contributed by atoms with Gasteiger partial charge >= 0.3 is 5.97 Å². The first kappa shape index (κ1) is 13.5. The van der Waals surface area contributed by atoms with Gasteiger partial charge in [0, 0.05) is 10.3 Å². The van der Waals surface area contributed by atoms with Gasteiger partial charge in [-0.3, -0.25) is 0 Å². The number of rotatable bonds is 4. The van der Waals surface area contributed by atoms with E-state index in [0.717, 1.165) is 5.39 Å². The summed E-state index contributed by atoms with van der Waals surface area (Å²) in [4.78, 5) is 20.6. The molecular weight excluding hydrogens is 286 g/mol. The lowest BCUT2D eigenvalue weighted by Gasteiger charge is -2.14. The van der Waals surface area contributed by atoms with Crippen molar-refractivity contribution >= 4 is 34.0 Å². The summed E-state index contributed by atoms with van der Waals surface area (Å²) in [6, 6.07) is 9.06. The van der Waals surface area contributed by atoms with E-state index in [1.807, 2.05) is 11.4 Å². The van der Waals surface area contributed by atoms with E-state index in [4.69, 9.17) is 5.11 Å². The normalized spacial score (nSPS) is 12.2. The number of hydrogen-bond acceptors (Lipinski definition) is 5. The number of hydrogen-bond donors (Lipinski definition) is 2. The van der Waals surface area contributed by atoms with Gasteiger partial charge in [0.1, 0.15) is 12.1 Å². The molecule has 0 fully saturated rings. The van der Waals surface area contributed by atoms with Crippen molar-refractivity contribution in [3.8, 4) is 0 Å². The van der Waals surface area contributed by atoms with Crippen LogP contribution in [0.2, 0.25) is 0 Å². The molecule has 106 valence electrons. The SMILES string of the molecule is CC(Nc1ncnc2cc(C(=O)O)ccc12)c1cccs1. The Hall–Kier alpha value is -2.47. The number of anilines is 1. The monoisotopic (exact) mass is 299 g/mol. The van der Waals surface area contributed by atoms with Gasteiger partial charge < -0.3 is 10.4 Å². The van der Waals surface area contributed by atoms with E-state index < -0.39 is 5.97 Å². The van der Waals surface area contributed by atoms with Crippen molar-refractivity contribution in [3.05, 3.63) is 52.5 Å². The number of fused-ring (bicyclic) bond motifs is 1. The Kier molecular flexibility index (Phi) is 3.53. The van der Waals surface area contributed by atoms with Gasteiger partial charge in [-0.1, -0.05) is 6.07 Å². The first-order valence-electron chi connectivity index (χ1n) is 6.43. The number of aromatic carboxylic acids is 1. The minimum Gasteiger partial charge on any atom is -0.478 e. The van der Waals surface area contributed by atoms with Crippen LogP contribution < -0.4 is 5.32 Å². The fourth-order valence-electron chi connectivity index (χ4n) is 2.12. The molecule has 6 heteroatoms. The Morgan fingerprint density at radius 3 is 2.90 bits per heavy atom. The number of aromatic nitrogens is 2. The van der Waals surface area contributed by atoms with Crippen molar-refractivity contribution in [2.24, 2.45) is 0 Å². The Morgan fingerprint density at radius 2 is 2.19 bits per heavy atom. The van der Waals surface area contributed by atoms with Crippen LogP contribution in [0.25, 0.3) is 10.9 Å². The molecule has 2 N–H and O–H groups in total. The molecule has 1 unspecified atom stereocenters. The van der Waals surface area contributed by atoms with E-state index in [0.29, 0.717) is 11.3 Å². The van der Waals surface area contributed by atoms with Crippen molar-refractivity contribution < 1.29 is 9.90 Å². The zero-order chi connectivity index (χ0) is 14.8. The number of carboxylic acid groups (broad SMARTS) is 1. The van der Waals surface area contributed by atoms with Crippen molar-refractivity contribution in [3.63, 3.8) is 0 Å². The van der Waals surface area contributed by atoms with E-state index in [1.165, 1.54) is 11.2 Å². The number of carboxylic acids is 1. The molecule has 0 bridgehead atoms. The van der Waals surface area contributed by atoms with Gasteiger partial charge in [-0.05, 0) is 36.6 Å². The highest BCUT2D eigenvalue weighted by Gasteiger charge is 2.11. The number of nitrogens with one attached hydrogen (secondary N) is 1. The summed E-state index contributed by atoms with van der Waals surface area (Å²) in [5.41, 5.74) is 0.837. The van der Waals surface area contributed by atoms with E-state index in [1.54, 1.807) is 29.5 Å². The number of nitrogens with zero attached hydrogens (tertiary/aromatic N) is 2. The summed E-state index contributed by atoms with van der Waals surface area (Å²) in [6.45, 7) is 2.06. The molecule has 3 rings (SSSR count). The lowest BCUT2D eigenvalue weighted by atomic mass is 10.1. The molecule has 0 radical (unpaired) electrons. The van der Waals surface area contributed by atoms with Crippen LogP contribution in [0.3, 0.4) is 0 Å². The second kappa shape index (κ2) is 5.49. The predicted octanol–water partition coefficient (Wildman–Crippen LogP) is 3.56. The van der Waals surface area contributed by atoms with E-state index >= 15 is 0 Å². The average molecular weight is 299 g/mol. The molecular formula is C15H13N3O2S. The van der Waals surface area contributed by atoms with Crippen LogP contribution in [-0.4, -0.2) is 21.0 Å². The summed E-state index contributed by atoms with van der Waals surface area (Å²) in [5, 5.41) is 15.2. The Bertz CT molecular complexity index is 787. The van der Waals surface area contributed by atoms with Crippen LogP contribution >= 0.6 is 11.3 Å². The summed E-state index contributed by atoms with van der Waals surface area (Å²) in [7, 11) is 0. The minimum absolute atomic E-state index is 0.127. The molecule has 0 saturated heterocycles. The van der Waals surface area contributed by atoms with Gasteiger partial charge in [0.25, 0.3) is 0 Å². The van der Waals surface area contributed by atoms with Gasteiger partial charge in [-0.25, -0.2) is 14.8 Å². The van der Waals surface area contributed by atoms with Gasteiger partial charge in [-0.2, -0.15) is 0 Å². The second-order valence-corrected chi connectivity index (χ2v) is 5.62. The zero-order valence-electron chi connectivity index (χ0n) is 11.3. The van der Waals surface area contributed by atoms with Crippen LogP contribution in [0.4, 0.5) is 5.82 Å². The molecule has 3 aromatic rings. The van der Waals surface area contributed by atoms with Crippen LogP contribution in [-0.2, 0) is 0 Å². The zero-order valence-corrected chi connectivity index (χ0v) is 12.1. The molecule has 0 spiro atoms. The lowest BCUT2D eigenvalue weighted by molar-refractivity contribution is 0.0697. The highest BCUT2D eigenvalue weighted by atomic mass is 32.1.